The van der Waals surface area contributed by atoms with Crippen LogP contribution in [-0.2, 0) is 9.53 Å². The van der Waals surface area contributed by atoms with Crippen molar-refractivity contribution >= 4 is 21.8 Å². The lowest BCUT2D eigenvalue weighted by molar-refractivity contribution is -0.132. The molecule has 0 saturated heterocycles. The second kappa shape index (κ2) is 7.56. The maximum atomic E-state index is 11.9. The van der Waals surface area contributed by atoms with E-state index in [1.807, 2.05) is 38.1 Å². The SMILES string of the molecule is CCO[C@@H](C)C(=O)N[C@@H](C)c1ncc(-c2ccc(Br)cc2)[nH]1. The fourth-order valence-corrected chi connectivity index (χ4v) is 2.32. The molecule has 2 aromatic rings. The van der Waals surface area contributed by atoms with Crippen molar-refractivity contribution in [3.8, 4) is 11.3 Å². The minimum absolute atomic E-state index is 0.143. The van der Waals surface area contributed by atoms with Gasteiger partial charge in [-0.25, -0.2) is 4.98 Å². The second-order valence-electron chi connectivity index (χ2n) is 5.02. The van der Waals surface area contributed by atoms with Crippen LogP contribution >= 0.6 is 15.9 Å². The third kappa shape index (κ3) is 4.18. The molecule has 22 heavy (non-hydrogen) atoms. The summed E-state index contributed by atoms with van der Waals surface area (Å²) in [5, 5.41) is 2.89. The highest BCUT2D eigenvalue weighted by Gasteiger charge is 2.18. The summed E-state index contributed by atoms with van der Waals surface area (Å²) >= 11 is 3.41. The Morgan fingerprint density at radius 1 is 1.36 bits per heavy atom. The lowest BCUT2D eigenvalue weighted by Gasteiger charge is -2.16. The summed E-state index contributed by atoms with van der Waals surface area (Å²) in [6.45, 7) is 6.00. The van der Waals surface area contributed by atoms with Gasteiger partial charge in [-0.15, -0.1) is 0 Å². The first-order valence-corrected chi connectivity index (χ1v) is 8.03. The van der Waals surface area contributed by atoms with Crippen molar-refractivity contribution in [1.82, 2.24) is 15.3 Å². The summed E-state index contributed by atoms with van der Waals surface area (Å²) in [4.78, 5) is 19.5. The molecule has 6 heteroatoms. The van der Waals surface area contributed by atoms with Crippen molar-refractivity contribution in [3.63, 3.8) is 0 Å². The van der Waals surface area contributed by atoms with E-state index in [0.717, 1.165) is 21.6 Å². The number of nitrogens with zero attached hydrogens (tertiary/aromatic N) is 1. The molecule has 0 bridgehead atoms. The van der Waals surface area contributed by atoms with Gasteiger partial charge in [0.15, 0.2) is 0 Å². The first-order valence-electron chi connectivity index (χ1n) is 7.24. The van der Waals surface area contributed by atoms with Crippen LogP contribution in [0.2, 0.25) is 0 Å². The van der Waals surface area contributed by atoms with Crippen LogP contribution in [0.15, 0.2) is 34.9 Å². The predicted octanol–water partition coefficient (Wildman–Crippen LogP) is 3.44. The van der Waals surface area contributed by atoms with E-state index in [0.29, 0.717) is 6.61 Å². The third-order valence-electron chi connectivity index (χ3n) is 3.31. The van der Waals surface area contributed by atoms with Gasteiger partial charge in [0.05, 0.1) is 17.9 Å². The molecule has 2 N–H and O–H groups in total. The minimum Gasteiger partial charge on any atom is -0.369 e. The van der Waals surface area contributed by atoms with Gasteiger partial charge in [0.2, 0.25) is 5.91 Å². The molecule has 2 rings (SSSR count). The Labute approximate surface area is 138 Å². The molecule has 0 spiro atoms. The molecule has 1 amide bonds. The van der Waals surface area contributed by atoms with Crippen LogP contribution in [0.5, 0.6) is 0 Å². The second-order valence-corrected chi connectivity index (χ2v) is 5.93. The number of hydrogen-bond donors (Lipinski definition) is 2. The zero-order chi connectivity index (χ0) is 16.1. The number of hydrogen-bond acceptors (Lipinski definition) is 3. The topological polar surface area (TPSA) is 67.0 Å². The number of imidazole rings is 1. The molecule has 0 fully saturated rings. The summed E-state index contributed by atoms with van der Waals surface area (Å²) in [5.41, 5.74) is 1.96. The number of nitrogens with one attached hydrogen (secondary N) is 2. The smallest absolute Gasteiger partial charge is 0.249 e. The predicted molar refractivity (Wildman–Crippen MR) is 89.4 cm³/mol. The molecule has 118 valence electrons. The molecular formula is C16H20BrN3O2. The van der Waals surface area contributed by atoms with Gasteiger partial charge in [-0.3, -0.25) is 4.79 Å². The molecule has 0 aliphatic rings. The van der Waals surface area contributed by atoms with Gasteiger partial charge in [-0.2, -0.15) is 0 Å². The standard InChI is InChI=1S/C16H20BrN3O2/c1-4-22-11(3)16(21)19-10(2)15-18-9-14(20-15)12-5-7-13(17)8-6-12/h5-11H,4H2,1-3H3,(H,18,20)(H,19,21)/t10-,11-/m0/s1. The van der Waals surface area contributed by atoms with Crippen molar-refractivity contribution in [2.45, 2.75) is 32.9 Å². The van der Waals surface area contributed by atoms with Crippen LogP contribution in [-0.4, -0.2) is 28.6 Å². The Kier molecular flexibility index (Phi) is 5.74. The molecule has 5 nitrogen and oxygen atoms in total. The first-order chi connectivity index (χ1) is 10.5. The van der Waals surface area contributed by atoms with Gasteiger partial charge < -0.3 is 15.0 Å². The minimum atomic E-state index is -0.464. The van der Waals surface area contributed by atoms with Gasteiger partial charge in [0.25, 0.3) is 0 Å². The van der Waals surface area contributed by atoms with Gasteiger partial charge >= 0.3 is 0 Å². The summed E-state index contributed by atoms with van der Waals surface area (Å²) in [5.74, 6) is 0.575. The van der Waals surface area contributed by atoms with Crippen LogP contribution in [0.4, 0.5) is 0 Å². The quantitative estimate of drug-likeness (QED) is 0.823. The molecule has 0 aliphatic carbocycles. The van der Waals surface area contributed by atoms with E-state index in [-0.39, 0.29) is 11.9 Å². The van der Waals surface area contributed by atoms with Gasteiger partial charge in [0, 0.05) is 11.1 Å². The van der Waals surface area contributed by atoms with Crippen LogP contribution in [0.3, 0.4) is 0 Å². The van der Waals surface area contributed by atoms with E-state index < -0.39 is 6.10 Å². The number of ether oxygens (including phenoxy) is 1. The zero-order valence-corrected chi connectivity index (χ0v) is 14.5. The molecule has 0 unspecified atom stereocenters. The fourth-order valence-electron chi connectivity index (χ4n) is 2.06. The monoisotopic (exact) mass is 365 g/mol. The van der Waals surface area contributed by atoms with Gasteiger partial charge in [-0.1, -0.05) is 28.1 Å². The Morgan fingerprint density at radius 3 is 2.68 bits per heavy atom. The van der Waals surface area contributed by atoms with Gasteiger partial charge in [-0.05, 0) is 38.5 Å². The largest absolute Gasteiger partial charge is 0.369 e. The molecule has 0 aliphatic heterocycles. The Balaban J connectivity index is 2.04. The Hall–Kier alpha value is -1.66. The normalized spacial score (nSPS) is 13.6. The molecule has 2 atom stereocenters. The highest BCUT2D eigenvalue weighted by Crippen LogP contribution is 2.21. The van der Waals surface area contributed by atoms with Gasteiger partial charge in [0.1, 0.15) is 11.9 Å². The third-order valence-corrected chi connectivity index (χ3v) is 3.83. The molecule has 1 heterocycles. The maximum absolute atomic E-state index is 11.9. The lowest BCUT2D eigenvalue weighted by Crippen LogP contribution is -2.36. The number of carbonyl (C=O) groups excluding carboxylic acids is 1. The Morgan fingerprint density at radius 2 is 2.05 bits per heavy atom. The van der Waals surface area contributed by atoms with E-state index in [4.69, 9.17) is 4.74 Å². The maximum Gasteiger partial charge on any atom is 0.249 e. The van der Waals surface area contributed by atoms with Crippen LogP contribution in [0.25, 0.3) is 11.3 Å². The number of amides is 1. The molecule has 1 aromatic heterocycles. The van der Waals surface area contributed by atoms with Crippen molar-refractivity contribution in [1.29, 1.82) is 0 Å². The zero-order valence-electron chi connectivity index (χ0n) is 12.9. The summed E-state index contributed by atoms with van der Waals surface area (Å²) in [6, 6.07) is 7.75. The summed E-state index contributed by atoms with van der Waals surface area (Å²) < 4.78 is 6.31. The summed E-state index contributed by atoms with van der Waals surface area (Å²) in [7, 11) is 0. The molecule has 0 radical (unpaired) electrons. The van der Waals surface area contributed by atoms with Crippen molar-refractivity contribution in [2.24, 2.45) is 0 Å². The molecule has 0 saturated carbocycles. The number of rotatable bonds is 6. The van der Waals surface area contributed by atoms with E-state index >= 15 is 0 Å². The van der Waals surface area contributed by atoms with Crippen LogP contribution < -0.4 is 5.32 Å². The highest BCUT2D eigenvalue weighted by molar-refractivity contribution is 9.10. The molecule has 1 aromatic carbocycles. The molecular weight excluding hydrogens is 346 g/mol. The Bertz CT molecular complexity index is 625. The average molecular weight is 366 g/mol. The van der Waals surface area contributed by atoms with Crippen molar-refractivity contribution in [3.05, 3.63) is 40.8 Å². The number of H-pyrrole nitrogens is 1. The first kappa shape index (κ1) is 16.7. The number of benzene rings is 1. The number of aromatic amines is 1. The summed E-state index contributed by atoms with van der Waals surface area (Å²) in [6.07, 6.45) is 1.31. The van der Waals surface area contributed by atoms with E-state index in [1.54, 1.807) is 13.1 Å². The number of carbonyl (C=O) groups is 1. The van der Waals surface area contributed by atoms with Crippen molar-refractivity contribution in [2.75, 3.05) is 6.61 Å². The average Bonchev–Trinajstić information content (AvgIpc) is 2.98. The van der Waals surface area contributed by atoms with E-state index in [9.17, 15) is 4.79 Å². The number of halogens is 1. The highest BCUT2D eigenvalue weighted by atomic mass is 79.9. The van der Waals surface area contributed by atoms with Crippen LogP contribution in [0.1, 0.15) is 32.6 Å². The lowest BCUT2D eigenvalue weighted by atomic mass is 10.2. The van der Waals surface area contributed by atoms with Crippen LogP contribution in [0, 0.1) is 0 Å². The fraction of sp³-hybridized carbons (Fsp3) is 0.375. The van der Waals surface area contributed by atoms with Crippen molar-refractivity contribution < 1.29 is 9.53 Å². The van der Waals surface area contributed by atoms with E-state index in [2.05, 4.69) is 31.2 Å². The number of aromatic nitrogens is 2. The van der Waals surface area contributed by atoms with E-state index in [1.165, 1.54) is 0 Å².